The molecule has 25 heavy (non-hydrogen) atoms. The van der Waals surface area contributed by atoms with Crippen molar-refractivity contribution in [3.63, 3.8) is 0 Å². The molecular formula is C17H10N2O5S. The van der Waals surface area contributed by atoms with E-state index >= 15 is 0 Å². The first-order valence-electron chi connectivity index (χ1n) is 7.27. The van der Waals surface area contributed by atoms with E-state index < -0.39 is 17.8 Å². The number of hydroxylamine groups is 2. The van der Waals surface area contributed by atoms with Gasteiger partial charge in [-0.2, -0.15) is 11.3 Å². The Hall–Kier alpha value is -3.26. The molecule has 0 saturated carbocycles. The van der Waals surface area contributed by atoms with Gasteiger partial charge in [-0.1, -0.05) is 22.4 Å². The molecule has 0 atom stereocenters. The Morgan fingerprint density at radius 2 is 1.84 bits per heavy atom. The van der Waals surface area contributed by atoms with Gasteiger partial charge in [0.2, 0.25) is 0 Å². The second kappa shape index (κ2) is 5.67. The van der Waals surface area contributed by atoms with Crippen molar-refractivity contribution in [2.24, 2.45) is 0 Å². The van der Waals surface area contributed by atoms with Crippen molar-refractivity contribution < 1.29 is 23.7 Å². The maximum Gasteiger partial charge on any atom is 0.369 e. The van der Waals surface area contributed by atoms with Crippen molar-refractivity contribution in [3.8, 4) is 11.3 Å². The lowest BCUT2D eigenvalue weighted by Gasteiger charge is -2.12. The average molecular weight is 354 g/mol. The number of benzene rings is 1. The van der Waals surface area contributed by atoms with E-state index in [1.807, 2.05) is 5.38 Å². The summed E-state index contributed by atoms with van der Waals surface area (Å²) >= 11 is 1.44. The Morgan fingerprint density at radius 1 is 1.16 bits per heavy atom. The SMILES string of the molecule is Cc1onc(-c2ccsc2)c1C(=O)ON1C(=O)c2ccccc2C1=O. The van der Waals surface area contributed by atoms with Crippen LogP contribution in [0.2, 0.25) is 0 Å². The molecule has 3 heterocycles. The van der Waals surface area contributed by atoms with Crippen molar-refractivity contribution in [2.75, 3.05) is 0 Å². The Balaban J connectivity index is 1.66. The van der Waals surface area contributed by atoms with E-state index in [0.29, 0.717) is 16.3 Å². The van der Waals surface area contributed by atoms with Crippen LogP contribution in [0.3, 0.4) is 0 Å². The molecule has 1 aromatic carbocycles. The van der Waals surface area contributed by atoms with Gasteiger partial charge in [-0.3, -0.25) is 9.59 Å². The van der Waals surface area contributed by atoms with Crippen LogP contribution in [0.5, 0.6) is 0 Å². The normalized spacial score (nSPS) is 13.2. The van der Waals surface area contributed by atoms with Crippen molar-refractivity contribution in [2.45, 2.75) is 6.92 Å². The number of thiophene rings is 1. The zero-order chi connectivity index (χ0) is 17.6. The predicted molar refractivity (Wildman–Crippen MR) is 86.9 cm³/mol. The largest absolute Gasteiger partial charge is 0.369 e. The molecule has 0 fully saturated rings. The fourth-order valence-corrected chi connectivity index (χ4v) is 3.23. The Kier molecular flexibility index (Phi) is 3.47. The molecule has 3 aromatic rings. The molecule has 0 bridgehead atoms. The number of carbonyl (C=O) groups is 3. The molecule has 2 aromatic heterocycles. The van der Waals surface area contributed by atoms with Crippen molar-refractivity contribution in [1.29, 1.82) is 0 Å². The molecule has 0 N–H and O–H groups in total. The molecule has 1 aliphatic heterocycles. The van der Waals surface area contributed by atoms with Gasteiger partial charge in [0.1, 0.15) is 17.0 Å². The van der Waals surface area contributed by atoms with E-state index in [2.05, 4.69) is 5.16 Å². The van der Waals surface area contributed by atoms with Gasteiger partial charge in [0.25, 0.3) is 11.8 Å². The predicted octanol–water partition coefficient (Wildman–Crippen LogP) is 3.08. The highest BCUT2D eigenvalue weighted by atomic mass is 32.1. The monoisotopic (exact) mass is 354 g/mol. The molecule has 7 nitrogen and oxygen atoms in total. The van der Waals surface area contributed by atoms with Gasteiger partial charge in [-0.05, 0) is 30.5 Å². The second-order valence-corrected chi connectivity index (χ2v) is 6.08. The zero-order valence-electron chi connectivity index (χ0n) is 12.9. The lowest BCUT2D eigenvalue weighted by molar-refractivity contribution is -0.0585. The van der Waals surface area contributed by atoms with E-state index in [4.69, 9.17) is 9.36 Å². The molecule has 2 amide bonds. The molecule has 0 saturated heterocycles. The summed E-state index contributed by atoms with van der Waals surface area (Å²) in [5, 5.41) is 7.98. The molecule has 1 aliphatic rings. The van der Waals surface area contributed by atoms with Crippen LogP contribution in [-0.2, 0) is 4.84 Å². The summed E-state index contributed by atoms with van der Waals surface area (Å²) in [6, 6.07) is 8.05. The highest BCUT2D eigenvalue weighted by Crippen LogP contribution is 2.29. The van der Waals surface area contributed by atoms with Crippen LogP contribution in [-0.4, -0.2) is 28.0 Å². The number of amides is 2. The molecule has 0 aliphatic carbocycles. The summed E-state index contributed by atoms with van der Waals surface area (Å²) in [6.07, 6.45) is 0. The van der Waals surface area contributed by atoms with Gasteiger partial charge in [-0.25, -0.2) is 4.79 Å². The minimum Gasteiger partial charge on any atom is -0.360 e. The molecular weight excluding hydrogens is 344 g/mol. The minimum absolute atomic E-state index is 0.0787. The van der Waals surface area contributed by atoms with Gasteiger partial charge in [0.15, 0.2) is 0 Å². The number of hydrogen-bond acceptors (Lipinski definition) is 7. The smallest absolute Gasteiger partial charge is 0.360 e. The number of fused-ring (bicyclic) bond motifs is 1. The summed E-state index contributed by atoms with van der Waals surface area (Å²) in [7, 11) is 0. The maximum atomic E-state index is 12.6. The quantitative estimate of drug-likeness (QED) is 0.672. The molecule has 8 heteroatoms. The zero-order valence-corrected chi connectivity index (χ0v) is 13.7. The third kappa shape index (κ3) is 2.34. The first-order valence-corrected chi connectivity index (χ1v) is 8.21. The Labute approximate surface area is 145 Å². The van der Waals surface area contributed by atoms with Crippen LogP contribution in [0, 0.1) is 6.92 Å². The number of nitrogens with zero attached hydrogens (tertiary/aromatic N) is 2. The molecule has 0 radical (unpaired) electrons. The fourth-order valence-electron chi connectivity index (χ4n) is 2.59. The van der Waals surface area contributed by atoms with Crippen LogP contribution in [0.25, 0.3) is 11.3 Å². The number of hydrogen-bond donors (Lipinski definition) is 0. The number of imide groups is 1. The third-order valence-electron chi connectivity index (χ3n) is 3.79. The first kappa shape index (κ1) is 15.3. The van der Waals surface area contributed by atoms with Gasteiger partial charge >= 0.3 is 5.97 Å². The summed E-state index contributed by atoms with van der Waals surface area (Å²) in [5.41, 5.74) is 1.47. The highest BCUT2D eigenvalue weighted by Gasteiger charge is 2.39. The van der Waals surface area contributed by atoms with Crippen LogP contribution >= 0.6 is 11.3 Å². The van der Waals surface area contributed by atoms with Crippen molar-refractivity contribution >= 4 is 29.1 Å². The van der Waals surface area contributed by atoms with Crippen LogP contribution < -0.4 is 0 Å². The number of aryl methyl sites for hydroxylation is 1. The molecule has 0 spiro atoms. The summed E-state index contributed by atoms with van der Waals surface area (Å²) in [5.74, 6) is -2.00. The molecule has 0 unspecified atom stereocenters. The molecule has 124 valence electrons. The van der Waals surface area contributed by atoms with E-state index in [0.717, 1.165) is 0 Å². The van der Waals surface area contributed by atoms with Gasteiger partial charge in [0.05, 0.1) is 11.1 Å². The standard InChI is InChI=1S/C17H10N2O5S/c1-9-13(14(18-23-9)10-6-7-25-8-10)17(22)24-19-15(20)11-4-2-3-5-12(11)16(19)21/h2-8H,1H3. The third-order valence-corrected chi connectivity index (χ3v) is 4.48. The van der Waals surface area contributed by atoms with Crippen LogP contribution in [0.15, 0.2) is 45.6 Å². The van der Waals surface area contributed by atoms with Gasteiger partial charge < -0.3 is 9.36 Å². The highest BCUT2D eigenvalue weighted by molar-refractivity contribution is 7.08. The topological polar surface area (TPSA) is 89.7 Å². The average Bonchev–Trinajstić information content (AvgIpc) is 3.31. The lowest BCUT2D eigenvalue weighted by Crippen LogP contribution is -2.32. The number of rotatable bonds is 3. The second-order valence-electron chi connectivity index (χ2n) is 5.30. The van der Waals surface area contributed by atoms with Crippen molar-refractivity contribution in [1.82, 2.24) is 10.2 Å². The van der Waals surface area contributed by atoms with Gasteiger partial charge in [-0.15, -0.1) is 0 Å². The Bertz CT molecular complexity index is 971. The van der Waals surface area contributed by atoms with Crippen LogP contribution in [0.1, 0.15) is 36.8 Å². The summed E-state index contributed by atoms with van der Waals surface area (Å²) in [6.45, 7) is 1.56. The lowest BCUT2D eigenvalue weighted by atomic mass is 10.1. The van der Waals surface area contributed by atoms with E-state index in [-0.39, 0.29) is 22.5 Å². The number of aromatic nitrogens is 1. The summed E-state index contributed by atoms with van der Waals surface area (Å²) < 4.78 is 5.09. The van der Waals surface area contributed by atoms with Gasteiger partial charge in [0, 0.05) is 10.9 Å². The Morgan fingerprint density at radius 3 is 2.44 bits per heavy atom. The summed E-state index contributed by atoms with van der Waals surface area (Å²) in [4.78, 5) is 42.3. The number of carbonyl (C=O) groups excluding carboxylic acids is 3. The fraction of sp³-hybridized carbons (Fsp3) is 0.0588. The first-order chi connectivity index (χ1) is 12.1. The van der Waals surface area contributed by atoms with E-state index in [9.17, 15) is 14.4 Å². The molecule has 4 rings (SSSR count). The van der Waals surface area contributed by atoms with Crippen molar-refractivity contribution in [3.05, 3.63) is 63.5 Å². The maximum absolute atomic E-state index is 12.6. The van der Waals surface area contributed by atoms with E-state index in [1.165, 1.54) is 23.5 Å². The van der Waals surface area contributed by atoms with Crippen LogP contribution in [0.4, 0.5) is 0 Å². The van der Waals surface area contributed by atoms with E-state index in [1.54, 1.807) is 30.5 Å². The minimum atomic E-state index is -0.880.